The van der Waals surface area contributed by atoms with Crippen molar-refractivity contribution >= 4 is 67.6 Å². The zero-order chi connectivity index (χ0) is 20.4. The third-order valence-electron chi connectivity index (χ3n) is 4.20. The summed E-state index contributed by atoms with van der Waals surface area (Å²) in [5.74, 6) is -1.01. The van der Waals surface area contributed by atoms with Gasteiger partial charge < -0.3 is 10.1 Å². The van der Waals surface area contributed by atoms with Gasteiger partial charge in [-0.15, -0.1) is 0 Å². The lowest BCUT2D eigenvalue weighted by atomic mass is 10.1. The van der Waals surface area contributed by atoms with Crippen molar-refractivity contribution < 1.29 is 26.7 Å². The summed E-state index contributed by atoms with van der Waals surface area (Å²) in [5, 5.41) is 10.6. The Morgan fingerprint density at radius 3 is 2.18 bits per heavy atom. The zero-order valence-electron chi connectivity index (χ0n) is 13.5. The lowest BCUT2D eigenvalue weighted by Gasteiger charge is -1.99. The summed E-state index contributed by atoms with van der Waals surface area (Å²) in [6, 6.07) is 7.44. The second-order valence-electron chi connectivity index (χ2n) is 5.90. The van der Waals surface area contributed by atoms with E-state index in [1.54, 1.807) is 0 Å². The van der Waals surface area contributed by atoms with E-state index >= 15 is 0 Å². The zero-order valence-corrected chi connectivity index (χ0v) is 16.6. The number of hydrogen-bond donors (Lipinski definition) is 2. The minimum Gasteiger partial charge on any atom is -0.505 e. The van der Waals surface area contributed by atoms with Crippen molar-refractivity contribution in [3.05, 3.63) is 47.7 Å². The molecule has 0 amide bonds. The first-order valence-electron chi connectivity index (χ1n) is 7.48. The van der Waals surface area contributed by atoms with Crippen molar-refractivity contribution in [2.24, 2.45) is 4.99 Å². The number of aromatic amines is 1. The molecule has 1 aliphatic heterocycles. The molecule has 0 atom stereocenters. The van der Waals surface area contributed by atoms with Gasteiger partial charge in [0, 0.05) is 32.3 Å². The SMILES string of the molecule is O=C1C(c2[nH]c3ccc(S(=O)(=O)Cl)cc3c2O)=Nc2ccc(S(=O)(=O)Cl)cc21. The monoisotopic (exact) mass is 458 g/mol. The molecule has 12 heteroatoms. The molecule has 0 radical (unpaired) electrons. The van der Waals surface area contributed by atoms with Crippen LogP contribution in [0, 0.1) is 0 Å². The van der Waals surface area contributed by atoms with E-state index in [0.29, 0.717) is 5.52 Å². The predicted molar refractivity (Wildman–Crippen MR) is 103 cm³/mol. The molecule has 0 bridgehead atoms. The van der Waals surface area contributed by atoms with Gasteiger partial charge in [0.2, 0.25) is 5.78 Å². The average Bonchev–Trinajstić information content (AvgIpc) is 3.10. The quantitative estimate of drug-likeness (QED) is 0.579. The van der Waals surface area contributed by atoms with E-state index in [0.717, 1.165) is 12.1 Å². The van der Waals surface area contributed by atoms with Crippen LogP contribution in [-0.2, 0) is 18.1 Å². The molecular weight excluding hydrogens is 451 g/mol. The molecule has 4 rings (SSSR count). The molecule has 2 aromatic carbocycles. The molecule has 1 aliphatic rings. The number of halogens is 2. The molecule has 1 aromatic heterocycles. The minimum absolute atomic E-state index is 0.0128. The van der Waals surface area contributed by atoms with Crippen LogP contribution in [0.3, 0.4) is 0 Å². The topological polar surface area (TPSA) is 134 Å². The molecule has 2 heterocycles. The fourth-order valence-corrected chi connectivity index (χ4v) is 4.45. The molecule has 3 aromatic rings. The maximum atomic E-state index is 12.7. The van der Waals surface area contributed by atoms with Crippen LogP contribution < -0.4 is 0 Å². The average molecular weight is 459 g/mol. The second-order valence-corrected chi connectivity index (χ2v) is 11.0. The highest BCUT2D eigenvalue weighted by Crippen LogP contribution is 2.37. The Morgan fingerprint density at radius 2 is 1.54 bits per heavy atom. The molecule has 144 valence electrons. The van der Waals surface area contributed by atoms with Crippen LogP contribution in [-0.4, -0.2) is 38.4 Å². The number of aliphatic imine (C=N–C) groups is 1. The van der Waals surface area contributed by atoms with Gasteiger partial charge >= 0.3 is 0 Å². The van der Waals surface area contributed by atoms with Gasteiger partial charge in [0.25, 0.3) is 18.1 Å². The third-order valence-corrected chi connectivity index (χ3v) is 6.91. The van der Waals surface area contributed by atoms with Crippen molar-refractivity contribution in [3.8, 4) is 5.75 Å². The van der Waals surface area contributed by atoms with E-state index in [1.807, 2.05) is 0 Å². The predicted octanol–water partition coefficient (Wildman–Crippen LogP) is 3.05. The molecule has 28 heavy (non-hydrogen) atoms. The minimum atomic E-state index is -4.03. The fourth-order valence-electron chi connectivity index (χ4n) is 2.89. The summed E-state index contributed by atoms with van der Waals surface area (Å²) >= 11 is 0. The second kappa shape index (κ2) is 6.05. The summed E-state index contributed by atoms with van der Waals surface area (Å²) in [6.07, 6.45) is 0. The van der Waals surface area contributed by atoms with Gasteiger partial charge in [0.15, 0.2) is 5.75 Å². The van der Waals surface area contributed by atoms with E-state index in [2.05, 4.69) is 9.98 Å². The fraction of sp³-hybridized carbons (Fsp3) is 0. The first kappa shape index (κ1) is 18.9. The molecule has 0 spiro atoms. The van der Waals surface area contributed by atoms with Gasteiger partial charge in [0.1, 0.15) is 11.4 Å². The van der Waals surface area contributed by atoms with E-state index in [4.69, 9.17) is 21.4 Å². The number of nitrogens with one attached hydrogen (secondary N) is 1. The van der Waals surface area contributed by atoms with Crippen LogP contribution in [0.1, 0.15) is 16.1 Å². The Balaban J connectivity index is 1.85. The van der Waals surface area contributed by atoms with Crippen LogP contribution in [0.25, 0.3) is 10.9 Å². The summed E-state index contributed by atoms with van der Waals surface area (Å²) in [5.41, 5.74) is 0.399. The van der Waals surface area contributed by atoms with Gasteiger partial charge in [-0.25, -0.2) is 21.8 Å². The number of H-pyrrole nitrogens is 1. The van der Waals surface area contributed by atoms with Gasteiger partial charge in [-0.1, -0.05) is 0 Å². The van der Waals surface area contributed by atoms with Crippen molar-refractivity contribution in [1.29, 1.82) is 0 Å². The van der Waals surface area contributed by atoms with Crippen LogP contribution in [0.2, 0.25) is 0 Å². The number of nitrogens with zero attached hydrogens (tertiary/aromatic N) is 1. The van der Waals surface area contributed by atoms with Crippen molar-refractivity contribution in [3.63, 3.8) is 0 Å². The number of aromatic nitrogens is 1. The van der Waals surface area contributed by atoms with Crippen LogP contribution in [0.4, 0.5) is 5.69 Å². The van der Waals surface area contributed by atoms with E-state index in [9.17, 15) is 26.7 Å². The number of rotatable bonds is 3. The van der Waals surface area contributed by atoms with E-state index in [1.165, 1.54) is 24.3 Å². The summed E-state index contributed by atoms with van der Waals surface area (Å²) < 4.78 is 46.0. The number of carbonyl (C=O) groups excluding carboxylic acids is 1. The Morgan fingerprint density at radius 1 is 0.929 bits per heavy atom. The summed E-state index contributed by atoms with van der Waals surface area (Å²) in [7, 11) is 2.58. The van der Waals surface area contributed by atoms with E-state index in [-0.39, 0.29) is 43.6 Å². The Kier molecular flexibility index (Phi) is 4.09. The normalized spacial score (nSPS) is 14.4. The maximum Gasteiger partial charge on any atom is 0.261 e. The third kappa shape index (κ3) is 2.98. The maximum absolute atomic E-state index is 12.7. The Labute approximate surface area is 167 Å². The first-order valence-corrected chi connectivity index (χ1v) is 12.1. The highest BCUT2D eigenvalue weighted by atomic mass is 35.7. The lowest BCUT2D eigenvalue weighted by molar-refractivity contribution is 0.106. The Hall–Kier alpha value is -2.40. The highest BCUT2D eigenvalue weighted by Gasteiger charge is 2.31. The molecule has 0 aliphatic carbocycles. The number of aromatic hydroxyl groups is 1. The molecule has 0 saturated heterocycles. The molecule has 2 N–H and O–H groups in total. The van der Waals surface area contributed by atoms with Crippen molar-refractivity contribution in [2.75, 3.05) is 0 Å². The number of hydrogen-bond acceptors (Lipinski definition) is 7. The van der Waals surface area contributed by atoms with Gasteiger partial charge in [-0.05, 0) is 36.4 Å². The molecule has 0 unspecified atom stereocenters. The van der Waals surface area contributed by atoms with E-state index < -0.39 is 23.9 Å². The van der Waals surface area contributed by atoms with Crippen molar-refractivity contribution in [1.82, 2.24) is 4.98 Å². The first-order chi connectivity index (χ1) is 13.0. The van der Waals surface area contributed by atoms with Gasteiger partial charge in [-0.2, -0.15) is 0 Å². The highest BCUT2D eigenvalue weighted by molar-refractivity contribution is 8.14. The number of fused-ring (bicyclic) bond motifs is 2. The molecule has 8 nitrogen and oxygen atoms in total. The summed E-state index contributed by atoms with van der Waals surface area (Å²) in [6.45, 7) is 0. The number of ketones is 1. The standard InChI is InChI=1S/C16H8Cl2N2O6S2/c17-27(23,24)7-1-3-11-9(5-7)15(21)13(19-11)14-16(22)10-6-8(28(18,25)26)2-4-12(10)20-14/h1-6,19,21H. The smallest absolute Gasteiger partial charge is 0.261 e. The Bertz CT molecular complexity index is 1440. The van der Waals surface area contributed by atoms with Crippen molar-refractivity contribution in [2.45, 2.75) is 9.79 Å². The van der Waals surface area contributed by atoms with Crippen LogP contribution in [0.15, 0.2) is 51.2 Å². The number of Topliss-reactive ketones (excluding diaryl/α,β-unsaturated/α-hetero) is 1. The molecule has 0 saturated carbocycles. The van der Waals surface area contributed by atoms with Crippen LogP contribution in [0.5, 0.6) is 5.75 Å². The summed E-state index contributed by atoms with van der Waals surface area (Å²) in [4.78, 5) is 19.2. The number of carbonyl (C=O) groups is 1. The molecule has 0 fully saturated rings. The lowest BCUT2D eigenvalue weighted by Crippen LogP contribution is -2.12. The largest absolute Gasteiger partial charge is 0.505 e. The van der Waals surface area contributed by atoms with Crippen LogP contribution >= 0.6 is 21.4 Å². The van der Waals surface area contributed by atoms with Gasteiger partial charge in [0.05, 0.1) is 21.0 Å². The molecular formula is C16H8Cl2N2O6S2. The van der Waals surface area contributed by atoms with Gasteiger partial charge in [-0.3, -0.25) is 4.79 Å². The number of benzene rings is 2.